The summed E-state index contributed by atoms with van der Waals surface area (Å²) in [5, 5.41) is 0. The summed E-state index contributed by atoms with van der Waals surface area (Å²) in [6.45, 7) is 0.235. The Kier molecular flexibility index (Phi) is 4.94. The second-order valence-electron chi connectivity index (χ2n) is 4.02. The first-order valence-corrected chi connectivity index (χ1v) is 6.93. The minimum atomic E-state index is -0.687. The topological polar surface area (TPSA) is 35.5 Å². The lowest BCUT2D eigenvalue weighted by Gasteiger charge is -2.09. The predicted octanol–water partition coefficient (Wildman–Crippen LogP) is 3.80. The molecule has 5 heteroatoms. The summed E-state index contributed by atoms with van der Waals surface area (Å²) in [7, 11) is 1.22. The Morgan fingerprint density at radius 2 is 2.00 bits per heavy atom. The third kappa shape index (κ3) is 3.47. The predicted molar refractivity (Wildman–Crippen MR) is 81.2 cm³/mol. The second kappa shape index (κ2) is 6.69. The molecule has 2 rings (SSSR count). The SMILES string of the molecule is COC(=O)c1ccc(COc2ccccc2I)cc1F. The van der Waals surface area contributed by atoms with E-state index in [0.29, 0.717) is 5.56 Å². The normalized spacial score (nSPS) is 10.2. The van der Waals surface area contributed by atoms with E-state index in [-0.39, 0.29) is 12.2 Å². The van der Waals surface area contributed by atoms with Crippen LogP contribution >= 0.6 is 22.6 Å². The lowest BCUT2D eigenvalue weighted by Crippen LogP contribution is -2.05. The molecule has 0 radical (unpaired) electrons. The molecule has 104 valence electrons. The van der Waals surface area contributed by atoms with Crippen LogP contribution in [0.2, 0.25) is 0 Å². The maximum atomic E-state index is 13.7. The second-order valence-corrected chi connectivity index (χ2v) is 5.19. The molecule has 0 aliphatic rings. The van der Waals surface area contributed by atoms with Crippen LogP contribution in [0.1, 0.15) is 15.9 Å². The Morgan fingerprint density at radius 1 is 1.25 bits per heavy atom. The smallest absolute Gasteiger partial charge is 0.340 e. The number of para-hydroxylation sites is 1. The first-order valence-electron chi connectivity index (χ1n) is 5.86. The third-order valence-electron chi connectivity index (χ3n) is 2.67. The van der Waals surface area contributed by atoms with Crippen molar-refractivity contribution in [3.63, 3.8) is 0 Å². The van der Waals surface area contributed by atoms with E-state index in [4.69, 9.17) is 4.74 Å². The molecular formula is C15H12FIO3. The van der Waals surface area contributed by atoms with Gasteiger partial charge in [-0.15, -0.1) is 0 Å². The molecule has 20 heavy (non-hydrogen) atoms. The van der Waals surface area contributed by atoms with Crippen molar-refractivity contribution in [3.05, 3.63) is 63.0 Å². The van der Waals surface area contributed by atoms with E-state index in [1.54, 1.807) is 6.07 Å². The van der Waals surface area contributed by atoms with Gasteiger partial charge >= 0.3 is 5.97 Å². The maximum absolute atomic E-state index is 13.7. The van der Waals surface area contributed by atoms with Crippen LogP contribution in [-0.4, -0.2) is 13.1 Å². The van der Waals surface area contributed by atoms with Gasteiger partial charge in [-0.3, -0.25) is 0 Å². The van der Waals surface area contributed by atoms with E-state index in [0.717, 1.165) is 9.32 Å². The van der Waals surface area contributed by atoms with Gasteiger partial charge in [0.25, 0.3) is 0 Å². The summed E-state index contributed by atoms with van der Waals surface area (Å²) >= 11 is 2.17. The third-order valence-corrected chi connectivity index (χ3v) is 3.56. The zero-order valence-corrected chi connectivity index (χ0v) is 12.9. The van der Waals surface area contributed by atoms with Crippen molar-refractivity contribution < 1.29 is 18.7 Å². The van der Waals surface area contributed by atoms with Crippen LogP contribution in [0.4, 0.5) is 4.39 Å². The number of methoxy groups -OCH3 is 1. The molecule has 0 atom stereocenters. The number of rotatable bonds is 4. The van der Waals surface area contributed by atoms with Crippen LogP contribution in [0.3, 0.4) is 0 Å². The fraction of sp³-hybridized carbons (Fsp3) is 0.133. The van der Waals surface area contributed by atoms with Crippen molar-refractivity contribution in [2.75, 3.05) is 7.11 Å². The molecule has 0 N–H and O–H groups in total. The number of carbonyl (C=O) groups is 1. The highest BCUT2D eigenvalue weighted by atomic mass is 127. The molecule has 0 saturated heterocycles. The van der Waals surface area contributed by atoms with Crippen molar-refractivity contribution in [1.82, 2.24) is 0 Å². The molecule has 0 fully saturated rings. The van der Waals surface area contributed by atoms with Crippen LogP contribution in [0.15, 0.2) is 42.5 Å². The largest absolute Gasteiger partial charge is 0.488 e. The van der Waals surface area contributed by atoms with Gasteiger partial charge in [-0.25, -0.2) is 9.18 Å². The highest BCUT2D eigenvalue weighted by Crippen LogP contribution is 2.21. The van der Waals surface area contributed by atoms with Crippen molar-refractivity contribution in [3.8, 4) is 5.75 Å². The summed E-state index contributed by atoms with van der Waals surface area (Å²) in [5.74, 6) is -0.557. The minimum Gasteiger partial charge on any atom is -0.488 e. The number of carbonyl (C=O) groups excluding carboxylic acids is 1. The van der Waals surface area contributed by atoms with Gasteiger partial charge in [-0.05, 0) is 52.4 Å². The molecular weight excluding hydrogens is 374 g/mol. The van der Waals surface area contributed by atoms with Crippen molar-refractivity contribution >= 4 is 28.6 Å². The van der Waals surface area contributed by atoms with Gasteiger partial charge < -0.3 is 9.47 Å². The van der Waals surface area contributed by atoms with E-state index in [9.17, 15) is 9.18 Å². The standard InChI is InChI=1S/C15H12FIO3/c1-19-15(18)11-7-6-10(8-12(11)16)9-20-14-5-3-2-4-13(14)17/h2-8H,9H2,1H3. The van der Waals surface area contributed by atoms with Crippen molar-refractivity contribution in [2.24, 2.45) is 0 Å². The highest BCUT2D eigenvalue weighted by Gasteiger charge is 2.12. The number of ether oxygens (including phenoxy) is 2. The molecule has 2 aromatic rings. The molecule has 0 spiro atoms. The average molecular weight is 386 g/mol. The van der Waals surface area contributed by atoms with Crippen LogP contribution in [0.5, 0.6) is 5.75 Å². The number of hydrogen-bond donors (Lipinski definition) is 0. The lowest BCUT2D eigenvalue weighted by atomic mass is 10.1. The van der Waals surface area contributed by atoms with Gasteiger partial charge in [0.05, 0.1) is 16.2 Å². The molecule has 3 nitrogen and oxygen atoms in total. The summed E-state index contributed by atoms with van der Waals surface area (Å²) in [6.07, 6.45) is 0. The minimum absolute atomic E-state index is 0.0782. The Labute approximate surface area is 129 Å². The monoisotopic (exact) mass is 386 g/mol. The molecule has 0 saturated carbocycles. The van der Waals surface area contributed by atoms with Gasteiger partial charge in [-0.2, -0.15) is 0 Å². The lowest BCUT2D eigenvalue weighted by molar-refractivity contribution is 0.0595. The zero-order valence-electron chi connectivity index (χ0n) is 10.7. The quantitative estimate of drug-likeness (QED) is 0.593. The van der Waals surface area contributed by atoms with Crippen molar-refractivity contribution in [2.45, 2.75) is 6.61 Å². The van der Waals surface area contributed by atoms with E-state index in [1.807, 2.05) is 24.3 Å². The number of halogens is 2. The van der Waals surface area contributed by atoms with E-state index >= 15 is 0 Å². The van der Waals surface area contributed by atoms with Crippen LogP contribution in [0, 0.1) is 9.39 Å². The zero-order chi connectivity index (χ0) is 14.5. The first-order chi connectivity index (χ1) is 9.61. The fourth-order valence-corrected chi connectivity index (χ4v) is 2.19. The van der Waals surface area contributed by atoms with Crippen LogP contribution < -0.4 is 4.74 Å². The van der Waals surface area contributed by atoms with E-state index < -0.39 is 11.8 Å². The molecule has 0 aliphatic heterocycles. The first kappa shape index (κ1) is 14.8. The number of esters is 1. The fourth-order valence-electron chi connectivity index (χ4n) is 1.65. The van der Waals surface area contributed by atoms with Gasteiger partial charge in [0, 0.05) is 0 Å². The molecule has 2 aromatic carbocycles. The number of benzene rings is 2. The summed E-state index contributed by atoms with van der Waals surface area (Å²) < 4.78 is 24.8. The molecule has 0 unspecified atom stereocenters. The average Bonchev–Trinajstić information content (AvgIpc) is 2.46. The Bertz CT molecular complexity index is 628. The van der Waals surface area contributed by atoms with Crippen molar-refractivity contribution in [1.29, 1.82) is 0 Å². The molecule has 0 aliphatic carbocycles. The molecule has 0 amide bonds. The Morgan fingerprint density at radius 3 is 2.65 bits per heavy atom. The maximum Gasteiger partial charge on any atom is 0.340 e. The highest BCUT2D eigenvalue weighted by molar-refractivity contribution is 14.1. The molecule has 0 bridgehead atoms. The van der Waals surface area contributed by atoms with Gasteiger partial charge in [0.2, 0.25) is 0 Å². The summed E-state index contributed by atoms with van der Waals surface area (Å²) in [4.78, 5) is 11.3. The Balaban J connectivity index is 2.10. The molecule has 0 aromatic heterocycles. The van der Waals surface area contributed by atoms with Gasteiger partial charge in [-0.1, -0.05) is 18.2 Å². The summed E-state index contributed by atoms with van der Waals surface area (Å²) in [5.41, 5.74) is 0.570. The number of hydrogen-bond acceptors (Lipinski definition) is 3. The Hall–Kier alpha value is -1.63. The molecule has 0 heterocycles. The van der Waals surface area contributed by atoms with Gasteiger partial charge in [0.1, 0.15) is 18.2 Å². The van der Waals surface area contributed by atoms with E-state index in [2.05, 4.69) is 27.3 Å². The summed E-state index contributed by atoms with van der Waals surface area (Å²) in [6, 6.07) is 11.9. The van der Waals surface area contributed by atoms with E-state index in [1.165, 1.54) is 19.2 Å². The van der Waals surface area contributed by atoms with Crippen LogP contribution in [-0.2, 0) is 11.3 Å². The van der Waals surface area contributed by atoms with Gasteiger partial charge in [0.15, 0.2) is 0 Å². The van der Waals surface area contributed by atoms with Crippen LogP contribution in [0.25, 0.3) is 0 Å².